The van der Waals surface area contributed by atoms with Crippen molar-refractivity contribution in [2.24, 2.45) is 0 Å². The zero-order chi connectivity index (χ0) is 14.2. The van der Waals surface area contributed by atoms with Crippen LogP contribution in [0, 0.1) is 0 Å². The molecule has 104 valence electrons. The third-order valence-corrected chi connectivity index (χ3v) is 4.85. The summed E-state index contributed by atoms with van der Waals surface area (Å²) in [6.45, 7) is 4.82. The predicted molar refractivity (Wildman–Crippen MR) is 83.0 cm³/mol. The molecule has 1 unspecified atom stereocenters. The van der Waals surface area contributed by atoms with Crippen LogP contribution in [0.15, 0.2) is 42.7 Å². The molecule has 4 heteroatoms. The number of hydrogen-bond acceptors (Lipinski definition) is 3. The van der Waals surface area contributed by atoms with Gasteiger partial charge in [0.05, 0.1) is 0 Å². The highest BCUT2D eigenvalue weighted by molar-refractivity contribution is 7.19. The van der Waals surface area contributed by atoms with Crippen molar-refractivity contribution in [3.63, 3.8) is 0 Å². The van der Waals surface area contributed by atoms with Crippen LogP contribution in [-0.4, -0.2) is 14.7 Å². The van der Waals surface area contributed by atoms with E-state index in [1.165, 1.54) is 10.1 Å². The summed E-state index contributed by atoms with van der Waals surface area (Å²) in [4.78, 5) is 5.31. The molecule has 0 aliphatic heterocycles. The van der Waals surface area contributed by atoms with E-state index in [0.29, 0.717) is 5.82 Å². The molecule has 3 rings (SSSR count). The van der Waals surface area contributed by atoms with Gasteiger partial charge in [-0.2, -0.15) is 0 Å². The number of thiophene rings is 1. The van der Waals surface area contributed by atoms with Gasteiger partial charge in [0.25, 0.3) is 0 Å². The van der Waals surface area contributed by atoms with Gasteiger partial charge in [-0.15, -0.1) is 11.3 Å². The number of aryl methyl sites for hydroxylation is 1. The number of hydrogen-bond donors (Lipinski definition) is 1. The van der Waals surface area contributed by atoms with E-state index < -0.39 is 5.60 Å². The summed E-state index contributed by atoms with van der Waals surface area (Å²) in [6.07, 6.45) is 4.71. The van der Waals surface area contributed by atoms with Crippen molar-refractivity contribution in [2.75, 3.05) is 0 Å². The molecule has 3 aromatic rings. The van der Waals surface area contributed by atoms with Crippen molar-refractivity contribution in [1.29, 1.82) is 0 Å². The van der Waals surface area contributed by atoms with E-state index in [1.807, 2.05) is 29.8 Å². The van der Waals surface area contributed by atoms with E-state index in [2.05, 4.69) is 30.1 Å². The van der Waals surface area contributed by atoms with Gasteiger partial charge in [0.15, 0.2) is 5.60 Å². The molecule has 1 aromatic carbocycles. The molecule has 0 aliphatic carbocycles. The molecule has 0 bridgehead atoms. The number of aliphatic hydroxyl groups is 1. The molecule has 0 amide bonds. The lowest BCUT2D eigenvalue weighted by Gasteiger charge is -2.22. The highest BCUT2D eigenvalue weighted by atomic mass is 32.1. The molecule has 1 atom stereocenters. The summed E-state index contributed by atoms with van der Waals surface area (Å²) in [7, 11) is 0. The van der Waals surface area contributed by atoms with Gasteiger partial charge >= 0.3 is 0 Å². The van der Waals surface area contributed by atoms with Crippen LogP contribution in [-0.2, 0) is 12.1 Å². The third-order valence-electron chi connectivity index (χ3n) is 3.52. The van der Waals surface area contributed by atoms with Gasteiger partial charge in [0.2, 0.25) is 0 Å². The third kappa shape index (κ3) is 2.15. The second-order valence-corrected chi connectivity index (χ2v) is 6.25. The van der Waals surface area contributed by atoms with Crippen LogP contribution in [0.25, 0.3) is 10.1 Å². The van der Waals surface area contributed by atoms with Gasteiger partial charge in [-0.3, -0.25) is 0 Å². The largest absolute Gasteiger partial charge is 0.377 e. The maximum absolute atomic E-state index is 11.0. The van der Waals surface area contributed by atoms with Crippen LogP contribution in [0.1, 0.15) is 31.0 Å². The van der Waals surface area contributed by atoms with E-state index in [1.54, 1.807) is 17.5 Å². The quantitative estimate of drug-likeness (QED) is 0.793. The van der Waals surface area contributed by atoms with Crippen molar-refractivity contribution in [3.8, 4) is 0 Å². The van der Waals surface area contributed by atoms with Crippen LogP contribution in [0.4, 0.5) is 0 Å². The van der Waals surface area contributed by atoms with Gasteiger partial charge in [0.1, 0.15) is 5.82 Å². The van der Waals surface area contributed by atoms with Crippen molar-refractivity contribution >= 4 is 21.4 Å². The first-order valence-corrected chi connectivity index (χ1v) is 7.67. The minimum Gasteiger partial charge on any atom is -0.377 e. The van der Waals surface area contributed by atoms with Crippen LogP contribution in [0.5, 0.6) is 0 Å². The molecule has 2 aromatic heterocycles. The summed E-state index contributed by atoms with van der Waals surface area (Å²) in [5, 5.41) is 12.1. The summed E-state index contributed by atoms with van der Waals surface area (Å²) < 4.78 is 3.22. The van der Waals surface area contributed by atoms with E-state index >= 15 is 0 Å². The maximum Gasteiger partial charge on any atom is 0.153 e. The first-order valence-electron chi connectivity index (χ1n) is 6.86. The molecule has 2 heterocycles. The molecule has 0 saturated carbocycles. The topological polar surface area (TPSA) is 38.0 Å². The number of rotatable bonds is 4. The normalized spacial score (nSPS) is 14.6. The summed E-state index contributed by atoms with van der Waals surface area (Å²) in [5.41, 5.74) is -1.05. The molecular weight excluding hydrogens is 268 g/mol. The average molecular weight is 286 g/mol. The molecule has 1 N–H and O–H groups in total. The molecule has 20 heavy (non-hydrogen) atoms. The smallest absolute Gasteiger partial charge is 0.153 e. The second-order valence-electron chi connectivity index (χ2n) is 5.16. The Morgan fingerprint density at radius 1 is 1.35 bits per heavy atom. The van der Waals surface area contributed by atoms with Crippen molar-refractivity contribution in [3.05, 3.63) is 53.4 Å². The highest BCUT2D eigenvalue weighted by Crippen LogP contribution is 2.36. The van der Waals surface area contributed by atoms with Crippen molar-refractivity contribution in [1.82, 2.24) is 9.55 Å². The van der Waals surface area contributed by atoms with E-state index in [9.17, 15) is 5.11 Å². The van der Waals surface area contributed by atoms with Crippen molar-refractivity contribution in [2.45, 2.75) is 32.4 Å². The molecule has 0 radical (unpaired) electrons. The number of fused-ring (bicyclic) bond motifs is 1. The van der Waals surface area contributed by atoms with Gasteiger partial charge in [-0.25, -0.2) is 4.98 Å². The Morgan fingerprint density at radius 3 is 2.90 bits per heavy atom. The first kappa shape index (κ1) is 13.3. The Kier molecular flexibility index (Phi) is 3.36. The minimum absolute atomic E-state index is 0.714. The molecule has 0 aliphatic rings. The fourth-order valence-electron chi connectivity index (χ4n) is 2.49. The first-order chi connectivity index (χ1) is 9.63. The highest BCUT2D eigenvalue weighted by Gasteiger charge is 2.32. The molecule has 3 nitrogen and oxygen atoms in total. The van der Waals surface area contributed by atoms with Gasteiger partial charge in [-0.05, 0) is 30.9 Å². The molecule has 0 fully saturated rings. The molecule has 0 spiro atoms. The lowest BCUT2D eigenvalue weighted by molar-refractivity contribution is 0.0918. The van der Waals surface area contributed by atoms with Crippen LogP contribution >= 0.6 is 11.3 Å². The zero-order valence-electron chi connectivity index (χ0n) is 11.7. The van der Waals surface area contributed by atoms with Crippen LogP contribution in [0.2, 0.25) is 0 Å². The fraction of sp³-hybridized carbons (Fsp3) is 0.312. The van der Waals surface area contributed by atoms with Gasteiger partial charge in [0, 0.05) is 28.5 Å². The average Bonchev–Trinajstić information content (AvgIpc) is 3.05. The van der Waals surface area contributed by atoms with E-state index in [4.69, 9.17) is 0 Å². The molecule has 0 saturated heterocycles. The number of aromatic nitrogens is 2. The molecular formula is C16H18N2OS. The maximum atomic E-state index is 11.0. The summed E-state index contributed by atoms with van der Waals surface area (Å²) in [6, 6.07) is 10.3. The Bertz CT molecular complexity index is 694. The van der Waals surface area contributed by atoms with Crippen LogP contribution in [0.3, 0.4) is 0 Å². The van der Waals surface area contributed by atoms with Gasteiger partial charge < -0.3 is 9.67 Å². The van der Waals surface area contributed by atoms with Crippen molar-refractivity contribution < 1.29 is 5.11 Å². The predicted octanol–water partition coefficient (Wildman–Crippen LogP) is 3.76. The number of nitrogens with zero attached hydrogens (tertiary/aromatic N) is 2. The Labute approximate surface area is 122 Å². The lowest BCUT2D eigenvalue weighted by Crippen LogP contribution is -2.26. The lowest BCUT2D eigenvalue weighted by atomic mass is 10.0. The minimum atomic E-state index is -1.05. The SMILES string of the molecule is CCCn1ccnc1C(C)(O)c1cc2ccccc2s1. The Balaban J connectivity index is 2.08. The van der Waals surface area contributed by atoms with Crippen LogP contribution < -0.4 is 0 Å². The van der Waals surface area contributed by atoms with E-state index in [-0.39, 0.29) is 0 Å². The summed E-state index contributed by atoms with van der Waals surface area (Å²) >= 11 is 1.63. The fourth-order valence-corrected chi connectivity index (χ4v) is 3.59. The number of benzene rings is 1. The zero-order valence-corrected chi connectivity index (χ0v) is 12.5. The Morgan fingerprint density at radius 2 is 2.15 bits per heavy atom. The monoisotopic (exact) mass is 286 g/mol. The van der Waals surface area contributed by atoms with E-state index in [0.717, 1.165) is 17.8 Å². The second kappa shape index (κ2) is 5.04. The number of imidazole rings is 1. The standard InChI is InChI=1S/C16H18N2OS/c1-3-9-18-10-8-17-15(18)16(2,19)14-11-12-6-4-5-7-13(12)20-14/h4-8,10-11,19H,3,9H2,1-2H3. The van der Waals surface area contributed by atoms with Gasteiger partial charge in [-0.1, -0.05) is 25.1 Å². The Hall–Kier alpha value is -1.65. The summed E-state index contributed by atoms with van der Waals surface area (Å²) in [5.74, 6) is 0.714.